The lowest BCUT2D eigenvalue weighted by Gasteiger charge is -2.35. The van der Waals surface area contributed by atoms with E-state index in [1.807, 2.05) is 18.7 Å². The topological polar surface area (TPSA) is 43.8 Å². The van der Waals surface area contributed by atoms with Crippen LogP contribution in [-0.4, -0.2) is 16.1 Å². The first-order valence-electron chi connectivity index (χ1n) is 4.07. The van der Waals surface area contributed by atoms with E-state index in [1.165, 1.54) is 12.8 Å². The maximum absolute atomic E-state index is 5.52. The Hall–Kier alpha value is -0.250. The third-order valence-electron chi connectivity index (χ3n) is 2.49. The van der Waals surface area contributed by atoms with Crippen molar-refractivity contribution in [1.29, 1.82) is 0 Å². The molecule has 1 aromatic rings. The van der Waals surface area contributed by atoms with Crippen molar-refractivity contribution in [1.82, 2.24) is 9.55 Å². The molecule has 0 amide bonds. The van der Waals surface area contributed by atoms with Crippen molar-refractivity contribution in [3.8, 4) is 0 Å². The maximum Gasteiger partial charge on any atom is 0.0948 e. The summed E-state index contributed by atoms with van der Waals surface area (Å²) in [4.78, 5) is 4.01. The fourth-order valence-electron chi connectivity index (χ4n) is 1.62. The SMILES string of the molecule is Cl.Cl.NCC1CC(n2ccnc2)C1. The summed E-state index contributed by atoms with van der Waals surface area (Å²) in [6.07, 6.45) is 8.20. The number of imidazole rings is 1. The van der Waals surface area contributed by atoms with E-state index in [0.29, 0.717) is 6.04 Å². The highest BCUT2D eigenvalue weighted by atomic mass is 35.5. The second kappa shape index (κ2) is 5.47. The highest BCUT2D eigenvalue weighted by Gasteiger charge is 2.28. The zero-order valence-corrected chi connectivity index (χ0v) is 8.93. The number of hydrogen-bond donors (Lipinski definition) is 1. The molecule has 1 saturated carbocycles. The van der Waals surface area contributed by atoms with Gasteiger partial charge in [0.1, 0.15) is 0 Å². The van der Waals surface area contributed by atoms with E-state index in [1.54, 1.807) is 0 Å². The summed E-state index contributed by atoms with van der Waals surface area (Å²) in [6, 6.07) is 0.672. The Bertz CT molecular complexity index is 219. The van der Waals surface area contributed by atoms with Crippen LogP contribution in [0.3, 0.4) is 0 Å². The Labute approximate surface area is 90.5 Å². The summed E-state index contributed by atoms with van der Waals surface area (Å²) >= 11 is 0. The monoisotopic (exact) mass is 223 g/mol. The lowest BCUT2D eigenvalue weighted by molar-refractivity contribution is 0.204. The van der Waals surface area contributed by atoms with Crippen LogP contribution < -0.4 is 5.73 Å². The van der Waals surface area contributed by atoms with E-state index in [4.69, 9.17) is 5.73 Å². The van der Waals surface area contributed by atoms with Crippen LogP contribution in [0.15, 0.2) is 18.7 Å². The van der Waals surface area contributed by atoms with E-state index in [0.717, 1.165) is 12.5 Å². The summed E-state index contributed by atoms with van der Waals surface area (Å²) in [5.74, 6) is 0.752. The van der Waals surface area contributed by atoms with Gasteiger partial charge in [-0.2, -0.15) is 0 Å². The zero-order chi connectivity index (χ0) is 7.68. The highest BCUT2D eigenvalue weighted by Crippen LogP contribution is 2.36. The molecule has 0 unspecified atom stereocenters. The van der Waals surface area contributed by atoms with Gasteiger partial charge in [-0.25, -0.2) is 4.98 Å². The number of halogens is 2. The van der Waals surface area contributed by atoms with Gasteiger partial charge in [0.05, 0.1) is 6.33 Å². The maximum atomic E-state index is 5.52. The molecule has 0 aromatic carbocycles. The van der Waals surface area contributed by atoms with Gasteiger partial charge in [0.25, 0.3) is 0 Å². The molecule has 1 fully saturated rings. The molecule has 0 spiro atoms. The van der Waals surface area contributed by atoms with Crippen LogP contribution in [0.25, 0.3) is 0 Å². The van der Waals surface area contributed by atoms with E-state index in [2.05, 4.69) is 9.55 Å². The summed E-state index contributed by atoms with van der Waals surface area (Å²) in [7, 11) is 0. The van der Waals surface area contributed by atoms with Crippen LogP contribution >= 0.6 is 24.8 Å². The minimum atomic E-state index is 0. The fraction of sp³-hybridized carbons (Fsp3) is 0.625. The Balaban J connectivity index is 0.000000720. The molecule has 2 rings (SSSR count). The average molecular weight is 224 g/mol. The molecule has 1 heterocycles. The van der Waals surface area contributed by atoms with Gasteiger partial charge in [0, 0.05) is 18.4 Å². The normalized spacial score (nSPS) is 25.3. The summed E-state index contributed by atoms with van der Waals surface area (Å²) in [6.45, 7) is 0.838. The number of hydrogen-bond acceptors (Lipinski definition) is 2. The number of rotatable bonds is 2. The summed E-state index contributed by atoms with van der Waals surface area (Å²) in [5.41, 5.74) is 5.52. The third-order valence-corrected chi connectivity index (χ3v) is 2.49. The van der Waals surface area contributed by atoms with Crippen molar-refractivity contribution in [3.05, 3.63) is 18.7 Å². The van der Waals surface area contributed by atoms with Crippen LogP contribution in [0.1, 0.15) is 18.9 Å². The molecule has 1 aliphatic carbocycles. The first-order valence-corrected chi connectivity index (χ1v) is 4.07. The molecule has 0 aliphatic heterocycles. The second-order valence-corrected chi connectivity index (χ2v) is 3.24. The molecule has 0 radical (unpaired) electrons. The lowest BCUT2D eigenvalue weighted by Crippen LogP contribution is -2.31. The minimum absolute atomic E-state index is 0. The average Bonchev–Trinajstić information content (AvgIpc) is 2.37. The van der Waals surface area contributed by atoms with Crippen LogP contribution in [0.5, 0.6) is 0 Å². The van der Waals surface area contributed by atoms with Crippen molar-refractivity contribution >= 4 is 24.8 Å². The van der Waals surface area contributed by atoms with Crippen LogP contribution in [0, 0.1) is 5.92 Å². The standard InChI is InChI=1S/C8H13N3.2ClH/c9-5-7-3-8(4-7)11-2-1-10-6-11;;/h1-2,6-8H,3-5,9H2;2*1H. The smallest absolute Gasteiger partial charge is 0.0948 e. The van der Waals surface area contributed by atoms with Crippen LogP contribution in [0.2, 0.25) is 0 Å². The van der Waals surface area contributed by atoms with Crippen molar-refractivity contribution in [2.45, 2.75) is 18.9 Å². The molecule has 13 heavy (non-hydrogen) atoms. The van der Waals surface area contributed by atoms with Gasteiger partial charge in [0.2, 0.25) is 0 Å². The Morgan fingerprint density at radius 1 is 1.38 bits per heavy atom. The summed E-state index contributed by atoms with van der Waals surface area (Å²) < 4.78 is 2.17. The van der Waals surface area contributed by atoms with Gasteiger partial charge in [-0.1, -0.05) is 0 Å². The molecule has 5 heteroatoms. The molecular weight excluding hydrogens is 209 g/mol. The van der Waals surface area contributed by atoms with Crippen LogP contribution in [0.4, 0.5) is 0 Å². The van der Waals surface area contributed by atoms with Crippen molar-refractivity contribution < 1.29 is 0 Å². The van der Waals surface area contributed by atoms with E-state index in [-0.39, 0.29) is 24.8 Å². The molecule has 76 valence electrons. The van der Waals surface area contributed by atoms with Gasteiger partial charge >= 0.3 is 0 Å². The van der Waals surface area contributed by atoms with Gasteiger partial charge in [-0.3, -0.25) is 0 Å². The number of nitrogens with two attached hydrogens (primary N) is 1. The van der Waals surface area contributed by atoms with E-state index >= 15 is 0 Å². The van der Waals surface area contributed by atoms with Gasteiger partial charge in [-0.05, 0) is 25.3 Å². The molecule has 0 bridgehead atoms. The fourth-order valence-corrected chi connectivity index (χ4v) is 1.62. The number of nitrogens with zero attached hydrogens (tertiary/aromatic N) is 2. The Morgan fingerprint density at radius 2 is 2.08 bits per heavy atom. The van der Waals surface area contributed by atoms with Crippen molar-refractivity contribution in [3.63, 3.8) is 0 Å². The number of aromatic nitrogens is 2. The first kappa shape index (κ1) is 12.8. The molecule has 0 atom stereocenters. The second-order valence-electron chi connectivity index (χ2n) is 3.24. The van der Waals surface area contributed by atoms with Crippen LogP contribution in [-0.2, 0) is 0 Å². The first-order chi connectivity index (χ1) is 5.40. The third kappa shape index (κ3) is 2.59. The Kier molecular flexibility index (Phi) is 5.37. The molecule has 1 aliphatic rings. The minimum Gasteiger partial charge on any atom is -0.334 e. The van der Waals surface area contributed by atoms with Crippen molar-refractivity contribution in [2.24, 2.45) is 11.7 Å². The molecule has 3 nitrogen and oxygen atoms in total. The summed E-state index contributed by atoms with van der Waals surface area (Å²) in [5, 5.41) is 0. The van der Waals surface area contributed by atoms with E-state index < -0.39 is 0 Å². The largest absolute Gasteiger partial charge is 0.334 e. The molecular formula is C8H15Cl2N3. The van der Waals surface area contributed by atoms with Gasteiger partial charge in [0.15, 0.2) is 0 Å². The zero-order valence-electron chi connectivity index (χ0n) is 7.30. The molecule has 1 aromatic heterocycles. The Morgan fingerprint density at radius 3 is 2.54 bits per heavy atom. The highest BCUT2D eigenvalue weighted by molar-refractivity contribution is 5.85. The van der Waals surface area contributed by atoms with Gasteiger partial charge < -0.3 is 10.3 Å². The molecule has 0 saturated heterocycles. The van der Waals surface area contributed by atoms with Crippen molar-refractivity contribution in [2.75, 3.05) is 6.54 Å². The predicted octanol–water partition coefficient (Wildman–Crippen LogP) is 1.64. The quantitative estimate of drug-likeness (QED) is 0.829. The molecule has 2 N–H and O–H groups in total. The predicted molar refractivity (Wildman–Crippen MR) is 57.5 cm³/mol. The van der Waals surface area contributed by atoms with E-state index in [9.17, 15) is 0 Å². The van der Waals surface area contributed by atoms with Gasteiger partial charge in [-0.15, -0.1) is 24.8 Å². The lowest BCUT2D eigenvalue weighted by atomic mass is 9.80.